The summed E-state index contributed by atoms with van der Waals surface area (Å²) < 4.78 is 37.9. The summed E-state index contributed by atoms with van der Waals surface area (Å²) in [7, 11) is 0. The Morgan fingerprint density at radius 3 is 2.30 bits per heavy atom. The van der Waals surface area contributed by atoms with Gasteiger partial charge in [-0.05, 0) is 117 Å². The van der Waals surface area contributed by atoms with Gasteiger partial charge in [-0.25, -0.2) is 0 Å². The van der Waals surface area contributed by atoms with Crippen molar-refractivity contribution in [1.82, 2.24) is 0 Å². The van der Waals surface area contributed by atoms with Gasteiger partial charge in [0, 0.05) is 6.42 Å². The Hall–Kier alpha value is -0.250. The minimum Gasteiger partial charge on any atom is -0.390 e. The molecule has 1 N–H and O–H groups in total. The highest BCUT2D eigenvalue weighted by atomic mass is 19.4. The van der Waals surface area contributed by atoms with E-state index in [4.69, 9.17) is 0 Å². The number of hydrogen-bond donors (Lipinski definition) is 1. The lowest BCUT2D eigenvalue weighted by Crippen LogP contribution is -2.55. The standard InChI is InChI=1S/C26H43F3O/c1-17(6-5-12-26(27,28)29)20-9-10-21-19-8-7-18-16-23(2,30)14-15-24(18,3)22(19)11-13-25(20,21)4/h17-22,30H,5-16H2,1-4H3/t17-,18?,19+,20?,21?,22?,23+,24+,25-/m1/s1. The quantitative estimate of drug-likeness (QED) is 0.485. The first-order valence-corrected chi connectivity index (χ1v) is 12.6. The van der Waals surface area contributed by atoms with Crippen LogP contribution in [0.4, 0.5) is 13.2 Å². The molecule has 0 radical (unpaired) electrons. The third-order valence-electron chi connectivity index (χ3n) is 10.8. The van der Waals surface area contributed by atoms with Crippen LogP contribution in [0.5, 0.6) is 0 Å². The van der Waals surface area contributed by atoms with Gasteiger partial charge in [-0.3, -0.25) is 0 Å². The second-order valence-electron chi connectivity index (χ2n) is 12.6. The Morgan fingerprint density at radius 1 is 0.900 bits per heavy atom. The van der Waals surface area contributed by atoms with Crippen molar-refractivity contribution in [2.75, 3.05) is 0 Å². The number of alkyl halides is 3. The van der Waals surface area contributed by atoms with Crippen LogP contribution in [0.1, 0.15) is 105 Å². The Morgan fingerprint density at radius 2 is 1.60 bits per heavy atom. The molecule has 4 fully saturated rings. The molecule has 4 heteroatoms. The van der Waals surface area contributed by atoms with E-state index < -0.39 is 18.2 Å². The van der Waals surface area contributed by atoms with E-state index in [1.165, 1.54) is 38.5 Å². The molecule has 0 aromatic rings. The van der Waals surface area contributed by atoms with Gasteiger partial charge in [0.1, 0.15) is 0 Å². The minimum absolute atomic E-state index is 0.285. The summed E-state index contributed by atoms with van der Waals surface area (Å²) in [6.45, 7) is 9.27. The van der Waals surface area contributed by atoms with Crippen LogP contribution >= 0.6 is 0 Å². The van der Waals surface area contributed by atoms with Crippen molar-refractivity contribution in [3.63, 3.8) is 0 Å². The lowest BCUT2D eigenvalue weighted by molar-refractivity contribution is -0.148. The second kappa shape index (κ2) is 7.66. The van der Waals surface area contributed by atoms with Gasteiger partial charge in [0.2, 0.25) is 0 Å². The molecule has 0 saturated heterocycles. The van der Waals surface area contributed by atoms with Crippen LogP contribution in [0.3, 0.4) is 0 Å². The van der Waals surface area contributed by atoms with Crippen molar-refractivity contribution in [2.24, 2.45) is 46.3 Å². The number of hydrogen-bond acceptors (Lipinski definition) is 1. The van der Waals surface area contributed by atoms with Crippen molar-refractivity contribution in [3.05, 3.63) is 0 Å². The Bertz CT molecular complexity index is 628. The summed E-state index contributed by atoms with van der Waals surface area (Å²) in [5, 5.41) is 10.7. The van der Waals surface area contributed by atoms with Crippen molar-refractivity contribution >= 4 is 0 Å². The number of aliphatic hydroxyl groups is 1. The molecule has 174 valence electrons. The predicted octanol–water partition coefficient (Wildman–Crippen LogP) is 7.77. The fraction of sp³-hybridized carbons (Fsp3) is 1.00. The monoisotopic (exact) mass is 428 g/mol. The Balaban J connectivity index is 1.45. The molecule has 0 aliphatic heterocycles. The Kier molecular flexibility index (Phi) is 5.86. The molecule has 0 aromatic carbocycles. The zero-order valence-electron chi connectivity index (χ0n) is 19.5. The summed E-state index contributed by atoms with van der Waals surface area (Å²) in [5.74, 6) is 3.98. The third-order valence-corrected chi connectivity index (χ3v) is 10.8. The molecule has 0 heterocycles. The van der Waals surface area contributed by atoms with Crippen molar-refractivity contribution in [2.45, 2.75) is 117 Å². The molecular weight excluding hydrogens is 385 g/mol. The average Bonchev–Trinajstić information content (AvgIpc) is 2.98. The van der Waals surface area contributed by atoms with E-state index in [1.807, 2.05) is 6.92 Å². The molecule has 0 aromatic heterocycles. The van der Waals surface area contributed by atoms with Gasteiger partial charge in [-0.1, -0.05) is 27.2 Å². The molecule has 4 saturated carbocycles. The van der Waals surface area contributed by atoms with E-state index in [0.717, 1.165) is 43.4 Å². The molecule has 4 unspecified atom stereocenters. The maximum Gasteiger partial charge on any atom is 0.389 e. The molecule has 30 heavy (non-hydrogen) atoms. The average molecular weight is 429 g/mol. The van der Waals surface area contributed by atoms with Crippen LogP contribution in [0.15, 0.2) is 0 Å². The molecule has 4 rings (SSSR count). The fourth-order valence-corrected chi connectivity index (χ4v) is 9.23. The molecule has 0 spiro atoms. The largest absolute Gasteiger partial charge is 0.390 e. The Labute approximate surface area is 181 Å². The zero-order chi connectivity index (χ0) is 21.9. The van der Waals surface area contributed by atoms with Crippen molar-refractivity contribution < 1.29 is 18.3 Å². The van der Waals surface area contributed by atoms with Crippen molar-refractivity contribution in [3.8, 4) is 0 Å². The van der Waals surface area contributed by atoms with Crippen LogP contribution in [0.25, 0.3) is 0 Å². The van der Waals surface area contributed by atoms with Crippen molar-refractivity contribution in [1.29, 1.82) is 0 Å². The number of fused-ring (bicyclic) bond motifs is 5. The first kappa shape index (κ1) is 22.9. The van der Waals surface area contributed by atoms with Crippen LogP contribution in [0, 0.1) is 46.3 Å². The van der Waals surface area contributed by atoms with Crippen LogP contribution in [-0.4, -0.2) is 16.9 Å². The predicted molar refractivity (Wildman–Crippen MR) is 115 cm³/mol. The topological polar surface area (TPSA) is 20.2 Å². The van der Waals surface area contributed by atoms with Gasteiger partial charge in [-0.15, -0.1) is 0 Å². The lowest BCUT2D eigenvalue weighted by Gasteiger charge is -2.62. The molecule has 1 nitrogen and oxygen atoms in total. The summed E-state index contributed by atoms with van der Waals surface area (Å²) in [4.78, 5) is 0. The smallest absolute Gasteiger partial charge is 0.389 e. The van der Waals surface area contributed by atoms with Crippen LogP contribution in [-0.2, 0) is 0 Å². The van der Waals surface area contributed by atoms with E-state index in [2.05, 4.69) is 20.8 Å². The summed E-state index contributed by atoms with van der Waals surface area (Å²) >= 11 is 0. The molecule has 0 amide bonds. The first-order valence-electron chi connectivity index (χ1n) is 12.6. The fourth-order valence-electron chi connectivity index (χ4n) is 9.23. The normalized spacial score (nSPS) is 49.8. The lowest BCUT2D eigenvalue weighted by atomic mass is 9.43. The van der Waals surface area contributed by atoms with Gasteiger partial charge in [0.05, 0.1) is 5.60 Å². The SMILES string of the molecule is C[C@H](CCCC(F)(F)F)C1CCC2[C@@H]3CCC4C[C@@](C)(O)CC[C@]4(C)C3CC[C@@]21C. The van der Waals surface area contributed by atoms with E-state index in [-0.39, 0.29) is 6.42 Å². The highest BCUT2D eigenvalue weighted by molar-refractivity contribution is 5.10. The van der Waals surface area contributed by atoms with E-state index in [0.29, 0.717) is 28.6 Å². The van der Waals surface area contributed by atoms with Crippen LogP contribution < -0.4 is 0 Å². The third kappa shape index (κ3) is 3.97. The van der Waals surface area contributed by atoms with Gasteiger partial charge >= 0.3 is 6.18 Å². The van der Waals surface area contributed by atoms with Gasteiger partial charge in [-0.2, -0.15) is 13.2 Å². The molecule has 4 aliphatic rings. The molecule has 9 atom stereocenters. The van der Waals surface area contributed by atoms with Crippen LogP contribution in [0.2, 0.25) is 0 Å². The number of rotatable bonds is 4. The summed E-state index contributed by atoms with van der Waals surface area (Å²) in [6, 6.07) is 0. The van der Waals surface area contributed by atoms with Gasteiger partial charge in [0.25, 0.3) is 0 Å². The molecular formula is C26H43F3O. The maximum absolute atomic E-state index is 12.6. The summed E-state index contributed by atoms with van der Waals surface area (Å²) in [6.07, 6.45) is 7.02. The van der Waals surface area contributed by atoms with E-state index in [1.54, 1.807) is 0 Å². The highest BCUT2D eigenvalue weighted by Crippen LogP contribution is 2.68. The first-order chi connectivity index (χ1) is 13.9. The molecule has 0 bridgehead atoms. The second-order valence-corrected chi connectivity index (χ2v) is 12.6. The van der Waals surface area contributed by atoms with Gasteiger partial charge < -0.3 is 5.11 Å². The van der Waals surface area contributed by atoms with Gasteiger partial charge in [0.15, 0.2) is 0 Å². The zero-order valence-corrected chi connectivity index (χ0v) is 19.5. The maximum atomic E-state index is 12.6. The van der Waals surface area contributed by atoms with E-state index >= 15 is 0 Å². The number of halogens is 3. The summed E-state index contributed by atoms with van der Waals surface area (Å²) in [5.41, 5.74) is 0.218. The highest BCUT2D eigenvalue weighted by Gasteiger charge is 2.61. The van der Waals surface area contributed by atoms with E-state index in [9.17, 15) is 18.3 Å². The molecule has 4 aliphatic carbocycles. The minimum atomic E-state index is -4.02.